The molecule has 0 radical (unpaired) electrons. The van der Waals surface area contributed by atoms with Crippen LogP contribution in [-0.4, -0.2) is 48.0 Å². The molecule has 3 aromatic rings. The minimum absolute atomic E-state index is 0.00961. The molecule has 0 spiro atoms. The molecule has 1 saturated heterocycles. The Hall–Kier alpha value is -2.87. The first-order chi connectivity index (χ1) is 19.5. The van der Waals surface area contributed by atoms with Gasteiger partial charge in [0, 0.05) is 47.5 Å². The van der Waals surface area contributed by atoms with E-state index in [1.165, 1.54) is 37.3 Å². The molecule has 40 heavy (non-hydrogen) atoms. The number of piperidine rings is 1. The zero-order valence-corrected chi connectivity index (χ0v) is 24.0. The summed E-state index contributed by atoms with van der Waals surface area (Å²) in [5.74, 6) is 0.394. The third-order valence-corrected chi connectivity index (χ3v) is 9.12. The molecule has 8 heteroatoms. The first-order valence-corrected chi connectivity index (χ1v) is 15.1. The van der Waals surface area contributed by atoms with E-state index in [0.717, 1.165) is 73.2 Å². The van der Waals surface area contributed by atoms with E-state index >= 15 is 0 Å². The molecule has 0 atom stereocenters. The summed E-state index contributed by atoms with van der Waals surface area (Å²) in [7, 11) is 1.52. The fraction of sp³-hybridized carbons (Fsp3) is 0.500. The van der Waals surface area contributed by atoms with Gasteiger partial charge in [-0.15, -0.1) is 0 Å². The van der Waals surface area contributed by atoms with Crippen molar-refractivity contribution >= 4 is 40.0 Å². The fourth-order valence-electron chi connectivity index (χ4n) is 6.92. The number of benzene rings is 2. The van der Waals surface area contributed by atoms with Crippen molar-refractivity contribution in [3.63, 3.8) is 0 Å². The molecular weight excluding hydrogens is 526 g/mol. The SMILES string of the molecule is COOCc1ccc2c(C3CCCCC3)c3n(c2c1)CCC(=O)N(CC(=O)N1CCCCC1)c1cc(Cl)ccc1-3. The van der Waals surface area contributed by atoms with Gasteiger partial charge in [-0.05, 0) is 73.4 Å². The van der Waals surface area contributed by atoms with Crippen molar-refractivity contribution in [1.82, 2.24) is 9.47 Å². The van der Waals surface area contributed by atoms with Gasteiger partial charge < -0.3 is 14.4 Å². The molecule has 0 unspecified atom stereocenters. The third-order valence-electron chi connectivity index (χ3n) is 8.88. The standard InChI is InChI=1S/C32H38ClN3O4/c1-39-40-21-22-10-12-25-27(18-22)35-17-14-29(37)36(20-30(38)34-15-6-3-7-16-34)28-19-24(33)11-13-26(28)32(35)31(25)23-8-4-2-5-9-23/h10-13,18-19,23H,2-9,14-17,20-21H2,1H3. The fourth-order valence-corrected chi connectivity index (χ4v) is 7.09. The molecule has 7 nitrogen and oxygen atoms in total. The summed E-state index contributed by atoms with van der Waals surface area (Å²) in [6.07, 6.45) is 9.51. The highest BCUT2D eigenvalue weighted by Crippen LogP contribution is 2.47. The lowest BCUT2D eigenvalue weighted by Gasteiger charge is -2.33. The van der Waals surface area contributed by atoms with Crippen LogP contribution >= 0.6 is 11.6 Å². The molecule has 2 aliphatic heterocycles. The van der Waals surface area contributed by atoms with Gasteiger partial charge in [0.2, 0.25) is 11.8 Å². The number of carbonyl (C=O) groups is 2. The second kappa shape index (κ2) is 11.9. The first kappa shape index (κ1) is 27.3. The largest absolute Gasteiger partial charge is 0.341 e. The number of halogens is 1. The summed E-state index contributed by atoms with van der Waals surface area (Å²) in [6, 6.07) is 12.3. The van der Waals surface area contributed by atoms with Crippen molar-refractivity contribution in [3.05, 3.63) is 52.5 Å². The van der Waals surface area contributed by atoms with Crippen LogP contribution in [0.2, 0.25) is 5.02 Å². The summed E-state index contributed by atoms with van der Waals surface area (Å²) in [5.41, 5.74) is 6.33. The zero-order chi connectivity index (χ0) is 27.6. The van der Waals surface area contributed by atoms with E-state index in [1.807, 2.05) is 23.1 Å². The highest BCUT2D eigenvalue weighted by atomic mass is 35.5. The maximum atomic E-state index is 13.8. The van der Waals surface area contributed by atoms with Crippen molar-refractivity contribution in [2.45, 2.75) is 76.9 Å². The number of carbonyl (C=O) groups excluding carboxylic acids is 2. The van der Waals surface area contributed by atoms with Gasteiger partial charge in [0.15, 0.2) is 0 Å². The maximum Gasteiger partial charge on any atom is 0.242 e. The summed E-state index contributed by atoms with van der Waals surface area (Å²) in [6.45, 7) is 2.46. The van der Waals surface area contributed by atoms with Crippen LogP contribution in [0.25, 0.3) is 22.2 Å². The summed E-state index contributed by atoms with van der Waals surface area (Å²) in [5, 5.41) is 1.79. The molecule has 3 heterocycles. The number of hydrogen-bond acceptors (Lipinski definition) is 4. The Morgan fingerprint density at radius 3 is 2.52 bits per heavy atom. The van der Waals surface area contributed by atoms with Crippen LogP contribution in [0.1, 0.15) is 74.8 Å². The average molecular weight is 564 g/mol. The van der Waals surface area contributed by atoms with Gasteiger partial charge in [-0.3, -0.25) is 9.59 Å². The predicted molar refractivity (Wildman–Crippen MR) is 157 cm³/mol. The van der Waals surface area contributed by atoms with Crippen LogP contribution in [0.15, 0.2) is 36.4 Å². The number of aromatic nitrogens is 1. The molecule has 0 bridgehead atoms. The maximum absolute atomic E-state index is 13.8. The van der Waals surface area contributed by atoms with Crippen molar-refractivity contribution in [1.29, 1.82) is 0 Å². The summed E-state index contributed by atoms with van der Waals surface area (Å²) < 4.78 is 2.32. The van der Waals surface area contributed by atoms with Crippen molar-refractivity contribution in [2.75, 3.05) is 31.6 Å². The highest BCUT2D eigenvalue weighted by Gasteiger charge is 2.33. The molecule has 1 aliphatic carbocycles. The Kier molecular flexibility index (Phi) is 8.15. The van der Waals surface area contributed by atoms with E-state index < -0.39 is 0 Å². The van der Waals surface area contributed by atoms with Gasteiger partial charge in [0.1, 0.15) is 13.2 Å². The molecule has 212 valence electrons. The van der Waals surface area contributed by atoms with Crippen molar-refractivity contribution in [3.8, 4) is 11.3 Å². The Morgan fingerprint density at radius 1 is 0.975 bits per heavy atom. The van der Waals surface area contributed by atoms with Gasteiger partial charge in [-0.25, -0.2) is 9.78 Å². The van der Waals surface area contributed by atoms with E-state index in [1.54, 1.807) is 4.90 Å². The topological polar surface area (TPSA) is 64.0 Å². The van der Waals surface area contributed by atoms with E-state index in [0.29, 0.717) is 30.5 Å². The number of anilines is 1. The number of hydrogen-bond donors (Lipinski definition) is 0. The Labute approximate surface area is 240 Å². The number of fused-ring (bicyclic) bond motifs is 5. The van der Waals surface area contributed by atoms with Gasteiger partial charge in [0.25, 0.3) is 0 Å². The molecule has 1 saturated carbocycles. The highest BCUT2D eigenvalue weighted by molar-refractivity contribution is 6.31. The predicted octanol–water partition coefficient (Wildman–Crippen LogP) is 6.84. The Bertz CT molecular complexity index is 1400. The van der Waals surface area contributed by atoms with Crippen LogP contribution in [0.5, 0.6) is 0 Å². The molecule has 6 rings (SSSR count). The molecule has 2 aromatic carbocycles. The van der Waals surface area contributed by atoms with Crippen LogP contribution in [0.4, 0.5) is 5.69 Å². The number of amides is 2. The Morgan fingerprint density at radius 2 is 1.75 bits per heavy atom. The van der Waals surface area contributed by atoms with Gasteiger partial charge in [-0.2, -0.15) is 0 Å². The normalized spacial score (nSPS) is 18.4. The third kappa shape index (κ3) is 5.27. The quantitative estimate of drug-likeness (QED) is 0.243. The zero-order valence-electron chi connectivity index (χ0n) is 23.3. The van der Waals surface area contributed by atoms with E-state index in [2.05, 4.69) is 22.8 Å². The second-order valence-electron chi connectivity index (χ2n) is 11.4. The average Bonchev–Trinajstić information content (AvgIpc) is 3.30. The van der Waals surface area contributed by atoms with E-state index in [4.69, 9.17) is 21.4 Å². The van der Waals surface area contributed by atoms with E-state index in [9.17, 15) is 9.59 Å². The van der Waals surface area contributed by atoms with Gasteiger partial charge in [-0.1, -0.05) is 43.0 Å². The lowest BCUT2D eigenvalue weighted by Crippen LogP contribution is -2.45. The molecule has 0 N–H and O–H groups in total. The van der Waals surface area contributed by atoms with Crippen molar-refractivity contribution < 1.29 is 19.4 Å². The molecule has 3 aliphatic rings. The lowest BCUT2D eigenvalue weighted by molar-refractivity contribution is -0.282. The number of rotatable bonds is 6. The summed E-state index contributed by atoms with van der Waals surface area (Å²) >= 11 is 6.57. The molecular formula is C32H38ClN3O4. The minimum Gasteiger partial charge on any atom is -0.341 e. The first-order valence-electron chi connectivity index (χ1n) is 14.7. The van der Waals surface area contributed by atoms with Gasteiger partial charge in [0.05, 0.1) is 18.5 Å². The number of aryl methyl sites for hydroxylation is 1. The van der Waals surface area contributed by atoms with Crippen LogP contribution < -0.4 is 4.90 Å². The van der Waals surface area contributed by atoms with Crippen molar-refractivity contribution in [2.24, 2.45) is 0 Å². The van der Waals surface area contributed by atoms with Gasteiger partial charge >= 0.3 is 0 Å². The molecule has 2 amide bonds. The number of nitrogens with zero attached hydrogens (tertiary/aromatic N) is 3. The molecule has 2 fully saturated rings. The van der Waals surface area contributed by atoms with E-state index in [-0.39, 0.29) is 18.4 Å². The Balaban J connectivity index is 1.52. The van der Waals surface area contributed by atoms with Crippen LogP contribution in [0, 0.1) is 0 Å². The second-order valence-corrected chi connectivity index (χ2v) is 11.8. The summed E-state index contributed by atoms with van der Waals surface area (Å²) in [4.78, 5) is 40.9. The van der Waals surface area contributed by atoms with Crippen LogP contribution in [-0.2, 0) is 32.5 Å². The lowest BCUT2D eigenvalue weighted by atomic mass is 9.81. The monoisotopic (exact) mass is 563 g/mol. The number of likely N-dealkylation sites (tertiary alicyclic amines) is 1. The minimum atomic E-state index is -0.0561. The smallest absolute Gasteiger partial charge is 0.242 e. The van der Waals surface area contributed by atoms with Crippen LogP contribution in [0.3, 0.4) is 0 Å². The molecule has 1 aromatic heterocycles.